The zero-order valence-electron chi connectivity index (χ0n) is 10.4. The second-order valence-corrected chi connectivity index (χ2v) is 5.90. The summed E-state index contributed by atoms with van der Waals surface area (Å²) < 4.78 is 0. The highest BCUT2D eigenvalue weighted by molar-refractivity contribution is 5.76. The number of fused-ring (bicyclic) bond motifs is 3. The fourth-order valence-electron chi connectivity index (χ4n) is 3.92. The molecule has 3 aliphatic rings. The monoisotopic (exact) mass is 222 g/mol. The fraction of sp³-hybridized carbons (Fsp3) is 0.857. The Morgan fingerprint density at radius 3 is 1.50 bits per heavy atom. The summed E-state index contributed by atoms with van der Waals surface area (Å²) in [7, 11) is 0. The number of rotatable bonds is 4. The second kappa shape index (κ2) is 4.68. The first kappa shape index (κ1) is 11.8. The third-order valence-electron chi connectivity index (χ3n) is 4.55. The summed E-state index contributed by atoms with van der Waals surface area (Å²) in [6.07, 6.45) is 6.51. The van der Waals surface area contributed by atoms with Crippen LogP contribution in [-0.4, -0.2) is 11.6 Å². The van der Waals surface area contributed by atoms with Crippen molar-refractivity contribution >= 4 is 11.6 Å². The molecular formula is C14H22O2. The quantitative estimate of drug-likeness (QED) is 0.732. The van der Waals surface area contributed by atoms with Crippen molar-refractivity contribution in [2.75, 3.05) is 0 Å². The predicted molar refractivity (Wildman–Crippen MR) is 63.0 cm³/mol. The summed E-state index contributed by atoms with van der Waals surface area (Å²) in [5, 5.41) is 0. The number of carbonyl (C=O) groups excluding carboxylic acids is 2. The largest absolute Gasteiger partial charge is 0.300 e. The van der Waals surface area contributed by atoms with Crippen molar-refractivity contribution in [1.82, 2.24) is 0 Å². The van der Waals surface area contributed by atoms with Gasteiger partial charge in [-0.15, -0.1) is 0 Å². The van der Waals surface area contributed by atoms with E-state index in [4.69, 9.17) is 0 Å². The molecule has 3 aliphatic carbocycles. The lowest BCUT2D eigenvalue weighted by atomic mass is 9.58. The van der Waals surface area contributed by atoms with Crippen molar-refractivity contribution in [2.24, 2.45) is 23.7 Å². The van der Waals surface area contributed by atoms with Crippen LogP contribution in [0.2, 0.25) is 0 Å². The van der Waals surface area contributed by atoms with Gasteiger partial charge in [-0.25, -0.2) is 0 Å². The third-order valence-corrected chi connectivity index (χ3v) is 4.55. The van der Waals surface area contributed by atoms with Crippen molar-refractivity contribution < 1.29 is 9.59 Å². The minimum absolute atomic E-state index is 0.334. The lowest BCUT2D eigenvalue weighted by Crippen LogP contribution is -2.39. The first-order valence-corrected chi connectivity index (χ1v) is 6.55. The standard InChI is InChI=1S/C14H22O2/c1-9(15)5-13-7-12-4-3-11(13)8-14(12)6-10(2)16/h11-14H,3-8H2,1-2H3. The van der Waals surface area contributed by atoms with E-state index in [1.54, 1.807) is 13.8 Å². The van der Waals surface area contributed by atoms with Crippen molar-refractivity contribution in [3.63, 3.8) is 0 Å². The van der Waals surface area contributed by atoms with Gasteiger partial charge in [0.15, 0.2) is 0 Å². The first-order valence-electron chi connectivity index (χ1n) is 6.55. The van der Waals surface area contributed by atoms with Gasteiger partial charge in [-0.05, 0) is 63.2 Å². The molecule has 0 amide bonds. The minimum atomic E-state index is 0.334. The maximum Gasteiger partial charge on any atom is 0.130 e. The van der Waals surface area contributed by atoms with Crippen molar-refractivity contribution in [3.05, 3.63) is 0 Å². The van der Waals surface area contributed by atoms with E-state index in [0.29, 0.717) is 23.4 Å². The van der Waals surface area contributed by atoms with Crippen LogP contribution in [0.1, 0.15) is 52.4 Å². The highest BCUT2D eigenvalue weighted by atomic mass is 16.1. The van der Waals surface area contributed by atoms with E-state index in [-0.39, 0.29) is 0 Å². The Morgan fingerprint density at radius 2 is 1.25 bits per heavy atom. The summed E-state index contributed by atoms with van der Waals surface area (Å²) in [6.45, 7) is 3.41. The Kier molecular flexibility index (Phi) is 3.46. The molecule has 2 heteroatoms. The van der Waals surface area contributed by atoms with E-state index in [2.05, 4.69) is 0 Å². The average Bonchev–Trinajstić information content (AvgIpc) is 2.17. The summed E-state index contributed by atoms with van der Waals surface area (Å²) in [5.41, 5.74) is 0. The molecule has 0 radical (unpaired) electrons. The molecule has 16 heavy (non-hydrogen) atoms. The fourth-order valence-corrected chi connectivity index (χ4v) is 3.92. The predicted octanol–water partition coefficient (Wildman–Crippen LogP) is 3.00. The maximum atomic E-state index is 11.2. The van der Waals surface area contributed by atoms with Gasteiger partial charge in [-0.3, -0.25) is 0 Å². The van der Waals surface area contributed by atoms with E-state index in [0.717, 1.165) is 24.7 Å². The van der Waals surface area contributed by atoms with Crippen LogP contribution in [0.25, 0.3) is 0 Å². The van der Waals surface area contributed by atoms with Gasteiger partial charge in [0.25, 0.3) is 0 Å². The normalized spacial score (nSPS) is 37.4. The molecule has 3 fully saturated rings. The van der Waals surface area contributed by atoms with Crippen LogP contribution in [0.3, 0.4) is 0 Å². The van der Waals surface area contributed by atoms with E-state index in [1.165, 1.54) is 25.7 Å². The van der Waals surface area contributed by atoms with Crippen LogP contribution in [0.4, 0.5) is 0 Å². The van der Waals surface area contributed by atoms with Gasteiger partial charge in [-0.1, -0.05) is 0 Å². The SMILES string of the molecule is CC(=O)CC1CC2CCC1CC2CC(C)=O. The molecule has 3 rings (SSSR count). The molecule has 0 aliphatic heterocycles. The molecule has 0 N–H and O–H groups in total. The smallest absolute Gasteiger partial charge is 0.130 e. The molecule has 2 bridgehead atoms. The molecule has 4 unspecified atom stereocenters. The molecule has 0 spiro atoms. The average molecular weight is 222 g/mol. The lowest BCUT2D eigenvalue weighted by Gasteiger charge is -2.47. The van der Waals surface area contributed by atoms with Gasteiger partial charge in [0.05, 0.1) is 0 Å². The van der Waals surface area contributed by atoms with E-state index in [1.807, 2.05) is 0 Å². The van der Waals surface area contributed by atoms with Gasteiger partial charge in [0, 0.05) is 12.8 Å². The number of ketones is 2. The second-order valence-electron chi connectivity index (χ2n) is 5.90. The van der Waals surface area contributed by atoms with Crippen LogP contribution < -0.4 is 0 Å². The first-order chi connectivity index (χ1) is 7.56. The molecular weight excluding hydrogens is 200 g/mol. The molecule has 0 heterocycles. The van der Waals surface area contributed by atoms with Gasteiger partial charge in [0.1, 0.15) is 11.6 Å². The van der Waals surface area contributed by atoms with Crippen LogP contribution in [-0.2, 0) is 9.59 Å². The third kappa shape index (κ3) is 2.53. The number of Topliss-reactive ketones (excluding diaryl/α,β-unsaturated/α-hetero) is 2. The van der Waals surface area contributed by atoms with E-state index >= 15 is 0 Å². The van der Waals surface area contributed by atoms with E-state index in [9.17, 15) is 9.59 Å². The summed E-state index contributed by atoms with van der Waals surface area (Å²) in [4.78, 5) is 22.4. The van der Waals surface area contributed by atoms with Gasteiger partial charge >= 0.3 is 0 Å². The topological polar surface area (TPSA) is 34.1 Å². The molecule has 0 saturated heterocycles. The highest BCUT2D eigenvalue weighted by Gasteiger charge is 2.41. The summed E-state index contributed by atoms with van der Waals surface area (Å²) in [6, 6.07) is 0. The Balaban J connectivity index is 1.95. The Hall–Kier alpha value is -0.660. The minimum Gasteiger partial charge on any atom is -0.300 e. The molecule has 90 valence electrons. The zero-order chi connectivity index (χ0) is 11.7. The van der Waals surface area contributed by atoms with Gasteiger partial charge < -0.3 is 9.59 Å². The molecule has 3 saturated carbocycles. The molecule has 2 nitrogen and oxygen atoms in total. The van der Waals surface area contributed by atoms with Crippen molar-refractivity contribution in [3.8, 4) is 0 Å². The summed E-state index contributed by atoms with van der Waals surface area (Å²) in [5.74, 6) is 3.36. The van der Waals surface area contributed by atoms with Crippen molar-refractivity contribution in [2.45, 2.75) is 52.4 Å². The number of carbonyl (C=O) groups is 2. The van der Waals surface area contributed by atoms with Crippen LogP contribution >= 0.6 is 0 Å². The van der Waals surface area contributed by atoms with Gasteiger partial charge in [-0.2, -0.15) is 0 Å². The zero-order valence-corrected chi connectivity index (χ0v) is 10.4. The van der Waals surface area contributed by atoms with Gasteiger partial charge in [0.2, 0.25) is 0 Å². The van der Waals surface area contributed by atoms with Crippen LogP contribution in [0.15, 0.2) is 0 Å². The summed E-state index contributed by atoms with van der Waals surface area (Å²) >= 11 is 0. The Labute approximate surface area is 97.8 Å². The highest BCUT2D eigenvalue weighted by Crippen LogP contribution is 2.50. The Morgan fingerprint density at radius 1 is 0.875 bits per heavy atom. The molecule has 0 aromatic heterocycles. The molecule has 4 atom stereocenters. The number of hydrogen-bond acceptors (Lipinski definition) is 2. The molecule has 0 aromatic carbocycles. The van der Waals surface area contributed by atoms with Crippen LogP contribution in [0.5, 0.6) is 0 Å². The van der Waals surface area contributed by atoms with Crippen molar-refractivity contribution in [1.29, 1.82) is 0 Å². The Bertz CT molecular complexity index is 265. The van der Waals surface area contributed by atoms with E-state index < -0.39 is 0 Å². The van der Waals surface area contributed by atoms with Crippen LogP contribution in [0, 0.1) is 23.7 Å². The lowest BCUT2D eigenvalue weighted by molar-refractivity contribution is -0.122. The molecule has 0 aromatic rings. The maximum absolute atomic E-state index is 11.2. The number of hydrogen-bond donors (Lipinski definition) is 0.